The van der Waals surface area contributed by atoms with Crippen LogP contribution in [-0.2, 0) is 20.7 Å². The number of amides is 1. The van der Waals surface area contributed by atoms with Gasteiger partial charge in [-0.05, 0) is 43.7 Å². The second-order valence-corrected chi connectivity index (χ2v) is 6.18. The molecule has 2 heterocycles. The molecule has 1 fully saturated rings. The molecule has 132 valence electrons. The summed E-state index contributed by atoms with van der Waals surface area (Å²) in [5.41, 5.74) is 1.57. The average Bonchev–Trinajstić information content (AvgIpc) is 2.74. The summed E-state index contributed by atoms with van der Waals surface area (Å²) >= 11 is 0. The highest BCUT2D eigenvalue weighted by atomic mass is 19.1. The van der Waals surface area contributed by atoms with E-state index in [1.807, 2.05) is 0 Å². The number of hydrogen-bond acceptors (Lipinski definition) is 4. The van der Waals surface area contributed by atoms with Crippen molar-refractivity contribution in [3.63, 3.8) is 0 Å². The van der Waals surface area contributed by atoms with E-state index in [4.69, 9.17) is 14.2 Å². The predicted molar refractivity (Wildman–Crippen MR) is 87.8 cm³/mol. The molecule has 1 aromatic rings. The fourth-order valence-corrected chi connectivity index (χ4v) is 3.25. The highest BCUT2D eigenvalue weighted by Gasteiger charge is 2.25. The van der Waals surface area contributed by atoms with Gasteiger partial charge in [0.05, 0.1) is 19.4 Å². The quantitative estimate of drug-likeness (QED) is 0.829. The number of anilines is 1. The zero-order valence-electron chi connectivity index (χ0n) is 14.1. The number of benzene rings is 1. The van der Waals surface area contributed by atoms with Crippen molar-refractivity contribution in [1.29, 1.82) is 0 Å². The Balaban J connectivity index is 1.72. The normalized spacial score (nSPS) is 21.3. The Morgan fingerprint density at radius 1 is 1.29 bits per heavy atom. The number of aryl methyl sites for hydroxylation is 1. The minimum absolute atomic E-state index is 0.0376. The summed E-state index contributed by atoms with van der Waals surface area (Å²) in [5.74, 6) is -0.196. The van der Waals surface area contributed by atoms with E-state index in [-0.39, 0.29) is 17.9 Å². The molecule has 2 aliphatic rings. The van der Waals surface area contributed by atoms with Crippen molar-refractivity contribution in [1.82, 2.24) is 0 Å². The Hall–Kier alpha value is -1.66. The van der Waals surface area contributed by atoms with E-state index >= 15 is 0 Å². The number of carbonyl (C=O) groups excluding carboxylic acids is 1. The van der Waals surface area contributed by atoms with E-state index < -0.39 is 5.82 Å². The van der Waals surface area contributed by atoms with Crippen molar-refractivity contribution in [3.8, 4) is 5.75 Å². The van der Waals surface area contributed by atoms with E-state index in [2.05, 4.69) is 0 Å². The third-order valence-electron chi connectivity index (χ3n) is 4.54. The van der Waals surface area contributed by atoms with Crippen molar-refractivity contribution in [2.24, 2.45) is 0 Å². The third kappa shape index (κ3) is 3.87. The number of ether oxygens (including phenoxy) is 3. The summed E-state index contributed by atoms with van der Waals surface area (Å²) in [6, 6.07) is 3.09. The lowest BCUT2D eigenvalue weighted by Crippen LogP contribution is -2.35. The molecule has 5 nitrogen and oxygen atoms in total. The van der Waals surface area contributed by atoms with Crippen LogP contribution in [0.3, 0.4) is 0 Å². The molecular weight excluding hydrogens is 313 g/mol. The van der Waals surface area contributed by atoms with Gasteiger partial charge in [-0.15, -0.1) is 0 Å². The third-order valence-corrected chi connectivity index (χ3v) is 4.54. The minimum Gasteiger partial charge on any atom is -0.494 e. The zero-order valence-corrected chi connectivity index (χ0v) is 14.1. The first-order valence-corrected chi connectivity index (χ1v) is 8.59. The van der Waals surface area contributed by atoms with Gasteiger partial charge >= 0.3 is 0 Å². The topological polar surface area (TPSA) is 48.0 Å². The number of hydrogen-bond donors (Lipinski definition) is 0. The summed E-state index contributed by atoms with van der Waals surface area (Å²) < 4.78 is 30.3. The molecule has 6 heteroatoms. The molecule has 1 saturated heterocycles. The molecule has 1 amide bonds. The molecule has 1 aromatic carbocycles. The van der Waals surface area contributed by atoms with Crippen molar-refractivity contribution in [3.05, 3.63) is 23.5 Å². The van der Waals surface area contributed by atoms with Crippen LogP contribution >= 0.6 is 0 Å². The largest absolute Gasteiger partial charge is 0.494 e. The van der Waals surface area contributed by atoms with E-state index in [0.717, 1.165) is 43.5 Å². The summed E-state index contributed by atoms with van der Waals surface area (Å²) in [6.07, 6.45) is 4.76. The summed E-state index contributed by atoms with van der Waals surface area (Å²) in [5, 5.41) is 0. The smallest absolute Gasteiger partial charge is 0.227 e. The molecule has 0 spiro atoms. The van der Waals surface area contributed by atoms with Gasteiger partial charge in [0.1, 0.15) is 0 Å². The number of carbonyl (C=O) groups is 1. The minimum atomic E-state index is -0.391. The molecule has 1 unspecified atom stereocenters. The maximum atomic E-state index is 14.0. The molecule has 0 radical (unpaired) electrons. The predicted octanol–water partition coefficient (Wildman–Crippen LogP) is 3.05. The lowest BCUT2D eigenvalue weighted by Gasteiger charge is -2.26. The Labute approximate surface area is 141 Å². The van der Waals surface area contributed by atoms with Gasteiger partial charge in [0.2, 0.25) is 5.91 Å². The van der Waals surface area contributed by atoms with Crippen LogP contribution in [0.25, 0.3) is 0 Å². The number of fused-ring (bicyclic) bond motifs is 1. The Morgan fingerprint density at radius 2 is 2.17 bits per heavy atom. The Kier molecular flexibility index (Phi) is 5.68. The lowest BCUT2D eigenvalue weighted by atomic mass is 10.1. The van der Waals surface area contributed by atoms with Crippen LogP contribution in [0.5, 0.6) is 5.75 Å². The number of methoxy groups -OCH3 is 1. The van der Waals surface area contributed by atoms with Crippen molar-refractivity contribution in [2.45, 2.75) is 44.8 Å². The van der Waals surface area contributed by atoms with Crippen LogP contribution in [0.2, 0.25) is 0 Å². The van der Waals surface area contributed by atoms with Crippen molar-refractivity contribution < 1.29 is 23.4 Å². The molecule has 3 rings (SSSR count). The Morgan fingerprint density at radius 3 is 2.92 bits per heavy atom. The average molecular weight is 337 g/mol. The van der Waals surface area contributed by atoms with E-state index in [1.54, 1.807) is 11.0 Å². The van der Waals surface area contributed by atoms with E-state index in [0.29, 0.717) is 26.0 Å². The van der Waals surface area contributed by atoms with Gasteiger partial charge in [-0.2, -0.15) is 0 Å². The van der Waals surface area contributed by atoms with Crippen molar-refractivity contribution in [2.75, 3.05) is 31.8 Å². The van der Waals surface area contributed by atoms with E-state index in [1.165, 1.54) is 13.2 Å². The maximum Gasteiger partial charge on any atom is 0.227 e. The first kappa shape index (κ1) is 17.2. The summed E-state index contributed by atoms with van der Waals surface area (Å²) in [4.78, 5) is 14.1. The van der Waals surface area contributed by atoms with Crippen LogP contribution in [0.15, 0.2) is 12.1 Å². The first-order chi connectivity index (χ1) is 11.7. The van der Waals surface area contributed by atoms with Crippen LogP contribution < -0.4 is 9.64 Å². The molecule has 0 N–H and O–H groups in total. The van der Waals surface area contributed by atoms with Gasteiger partial charge in [-0.25, -0.2) is 4.39 Å². The van der Waals surface area contributed by atoms with Gasteiger partial charge in [-0.3, -0.25) is 4.79 Å². The van der Waals surface area contributed by atoms with Crippen LogP contribution in [0.4, 0.5) is 10.1 Å². The van der Waals surface area contributed by atoms with Gasteiger partial charge in [0.25, 0.3) is 0 Å². The van der Waals surface area contributed by atoms with E-state index in [9.17, 15) is 9.18 Å². The maximum absolute atomic E-state index is 14.0. The summed E-state index contributed by atoms with van der Waals surface area (Å²) in [7, 11) is 1.43. The highest BCUT2D eigenvalue weighted by molar-refractivity contribution is 5.95. The lowest BCUT2D eigenvalue weighted by molar-refractivity contribution is -0.161. The first-order valence-electron chi connectivity index (χ1n) is 8.59. The summed E-state index contributed by atoms with van der Waals surface area (Å²) in [6.45, 7) is 1.56. The number of nitrogens with zero attached hydrogens (tertiary/aromatic N) is 1. The monoisotopic (exact) mass is 337 g/mol. The second kappa shape index (κ2) is 7.94. The standard InChI is InChI=1S/C18H24FNO4/c1-22-16-12-15-13(11-14(16)19)5-4-6-17(21)20(15)8-10-24-18-7-2-3-9-23-18/h11-12,18H,2-10H2,1H3. The van der Waals surface area contributed by atoms with Crippen LogP contribution in [-0.4, -0.2) is 39.1 Å². The van der Waals surface area contributed by atoms with Crippen molar-refractivity contribution >= 4 is 11.6 Å². The molecule has 24 heavy (non-hydrogen) atoms. The van der Waals surface area contributed by atoms with Crippen LogP contribution in [0, 0.1) is 5.82 Å². The second-order valence-electron chi connectivity index (χ2n) is 6.18. The molecule has 0 aromatic heterocycles. The molecule has 1 atom stereocenters. The Bertz CT molecular complexity index is 587. The fourth-order valence-electron chi connectivity index (χ4n) is 3.25. The molecule has 0 aliphatic carbocycles. The zero-order chi connectivity index (χ0) is 16.9. The van der Waals surface area contributed by atoms with Gasteiger partial charge in [0.15, 0.2) is 17.9 Å². The van der Waals surface area contributed by atoms with Gasteiger partial charge < -0.3 is 19.1 Å². The fraction of sp³-hybridized carbons (Fsp3) is 0.611. The van der Waals surface area contributed by atoms with Gasteiger partial charge in [-0.1, -0.05) is 0 Å². The van der Waals surface area contributed by atoms with Crippen LogP contribution in [0.1, 0.15) is 37.7 Å². The molecular formula is C18H24FNO4. The molecule has 2 aliphatic heterocycles. The molecule has 0 saturated carbocycles. The van der Waals surface area contributed by atoms with Gasteiger partial charge in [0, 0.05) is 25.6 Å². The SMILES string of the molecule is COc1cc2c(cc1F)CCCC(=O)N2CCOC1CCCCO1. The number of halogens is 1. The molecule has 0 bridgehead atoms. The highest BCUT2D eigenvalue weighted by Crippen LogP contribution is 2.33. The number of rotatable bonds is 5.